The SMILES string of the molecule is CCCCCCCCCCC(OC(=O)CCCCC(=O)OCC(CCCCCC)CCCCCC)C(COC(=O)CCCCC(=O)OCC(OC(=O)CCCN(C)C)C(CCCCCCCCCC)OC(=O)CCCCC(=O)OCC(CCCCCC)CCCCCC)OC(=O)CCCN(C)C. The highest BCUT2D eigenvalue weighted by Crippen LogP contribution is 2.25. The standard InChI is InChI=1S/C84H156N2O16/c1-11-17-23-29-31-33-35-41-55-73(99-81(91)61-47-45-57-77(87)95-67-71(51-37-25-19-13-3)52-38-26-20-14-4)75(101-83(93)63-49-65-85(7)8)69-97-79(89)59-43-44-60-80(90)98-70-76(102-84(94)64-50-66-86(9)10)74(56-42-36-34-32-30-24-18-12-2)100-82(92)62-48-46-58-78(88)96-68-72(53-39-27-21-15-5)54-40-28-22-16-6/h71-76H,11-70H2,1-10H3. The van der Waals surface area contributed by atoms with E-state index in [0.29, 0.717) is 102 Å². The van der Waals surface area contributed by atoms with Crippen LogP contribution in [0.2, 0.25) is 0 Å². The van der Waals surface area contributed by atoms with Gasteiger partial charge in [0.15, 0.2) is 12.2 Å². The molecule has 102 heavy (non-hydrogen) atoms. The lowest BCUT2D eigenvalue weighted by Crippen LogP contribution is -2.39. The molecule has 0 aliphatic carbocycles. The zero-order valence-corrected chi connectivity index (χ0v) is 67.3. The summed E-state index contributed by atoms with van der Waals surface area (Å²) in [5.41, 5.74) is 0. The van der Waals surface area contributed by atoms with E-state index in [1.165, 1.54) is 103 Å². The summed E-state index contributed by atoms with van der Waals surface area (Å²) in [6.45, 7) is 14.8. The zero-order valence-electron chi connectivity index (χ0n) is 67.3. The molecule has 18 heteroatoms. The minimum atomic E-state index is -1.06. The molecule has 0 N–H and O–H groups in total. The molecule has 0 radical (unpaired) electrons. The Morgan fingerprint density at radius 1 is 0.216 bits per heavy atom. The number of hydrogen-bond acceptors (Lipinski definition) is 18. The molecule has 0 aromatic heterocycles. The number of esters is 8. The largest absolute Gasteiger partial charge is 0.465 e. The molecule has 0 heterocycles. The molecule has 0 saturated carbocycles. The van der Waals surface area contributed by atoms with Crippen molar-refractivity contribution < 1.29 is 76.3 Å². The van der Waals surface area contributed by atoms with Crippen LogP contribution >= 0.6 is 0 Å². The van der Waals surface area contributed by atoms with Crippen molar-refractivity contribution in [3.63, 3.8) is 0 Å². The van der Waals surface area contributed by atoms with Gasteiger partial charge in [0, 0.05) is 51.4 Å². The van der Waals surface area contributed by atoms with Crippen molar-refractivity contribution in [3.8, 4) is 0 Å². The van der Waals surface area contributed by atoms with Crippen LogP contribution in [-0.4, -0.2) is 150 Å². The van der Waals surface area contributed by atoms with Gasteiger partial charge in [-0.05, 0) is 156 Å². The van der Waals surface area contributed by atoms with Gasteiger partial charge < -0.3 is 47.7 Å². The molecule has 598 valence electrons. The van der Waals surface area contributed by atoms with Gasteiger partial charge in [-0.2, -0.15) is 0 Å². The highest BCUT2D eigenvalue weighted by molar-refractivity contribution is 5.73. The third-order valence-corrected chi connectivity index (χ3v) is 19.3. The Bertz CT molecular complexity index is 1870. The molecule has 0 bridgehead atoms. The Balaban J connectivity index is 6.17. The fraction of sp³-hybridized carbons (Fsp3) is 0.905. The topological polar surface area (TPSA) is 217 Å². The summed E-state index contributed by atoms with van der Waals surface area (Å²) in [7, 11) is 7.70. The van der Waals surface area contributed by atoms with E-state index in [1.807, 2.05) is 38.0 Å². The second-order valence-corrected chi connectivity index (χ2v) is 29.9. The second-order valence-electron chi connectivity index (χ2n) is 29.9. The number of hydrogen-bond donors (Lipinski definition) is 0. The van der Waals surface area contributed by atoms with Gasteiger partial charge in [-0.15, -0.1) is 0 Å². The van der Waals surface area contributed by atoms with E-state index in [9.17, 15) is 38.4 Å². The summed E-state index contributed by atoms with van der Waals surface area (Å²) in [5.74, 6) is -2.87. The molecule has 0 rings (SSSR count). The summed E-state index contributed by atoms with van der Waals surface area (Å²) >= 11 is 0. The Labute approximate surface area is 623 Å². The van der Waals surface area contributed by atoms with Crippen molar-refractivity contribution in [3.05, 3.63) is 0 Å². The third kappa shape index (κ3) is 63.0. The molecular formula is C84H156N2O16. The third-order valence-electron chi connectivity index (χ3n) is 19.3. The highest BCUT2D eigenvalue weighted by Gasteiger charge is 2.32. The second kappa shape index (κ2) is 71.0. The number of unbranched alkanes of at least 4 members (excludes halogenated alkanes) is 29. The normalized spacial score (nSPS) is 12.7. The minimum Gasteiger partial charge on any atom is -0.465 e. The molecule has 0 saturated heterocycles. The van der Waals surface area contributed by atoms with Crippen molar-refractivity contribution in [2.45, 2.75) is 413 Å². The average molecular weight is 1450 g/mol. The molecule has 0 amide bonds. The fourth-order valence-electron chi connectivity index (χ4n) is 12.8. The smallest absolute Gasteiger partial charge is 0.306 e. The van der Waals surface area contributed by atoms with Gasteiger partial charge in [-0.1, -0.05) is 234 Å². The first kappa shape index (κ1) is 97.7. The van der Waals surface area contributed by atoms with Gasteiger partial charge >= 0.3 is 47.8 Å². The zero-order chi connectivity index (χ0) is 75.3. The first-order valence-corrected chi connectivity index (χ1v) is 42.1. The first-order valence-electron chi connectivity index (χ1n) is 42.1. The van der Waals surface area contributed by atoms with Crippen LogP contribution in [-0.2, 0) is 76.3 Å². The van der Waals surface area contributed by atoms with Gasteiger partial charge in [0.2, 0.25) is 0 Å². The molecule has 0 aliphatic heterocycles. The van der Waals surface area contributed by atoms with Crippen molar-refractivity contribution in [1.29, 1.82) is 0 Å². The number of carbonyl (C=O) groups is 8. The summed E-state index contributed by atoms with van der Waals surface area (Å²) in [6, 6.07) is 0. The van der Waals surface area contributed by atoms with E-state index in [0.717, 1.165) is 116 Å². The van der Waals surface area contributed by atoms with Crippen LogP contribution in [0.5, 0.6) is 0 Å². The molecule has 4 unspecified atom stereocenters. The van der Waals surface area contributed by atoms with Crippen LogP contribution in [0, 0.1) is 11.8 Å². The molecule has 0 spiro atoms. The van der Waals surface area contributed by atoms with Crippen LogP contribution < -0.4 is 0 Å². The summed E-state index contributed by atoms with van der Waals surface area (Å²) < 4.78 is 47.6. The molecular weight excluding hydrogens is 1290 g/mol. The van der Waals surface area contributed by atoms with Crippen LogP contribution in [0.1, 0.15) is 388 Å². The Morgan fingerprint density at radius 3 is 0.667 bits per heavy atom. The lowest BCUT2D eigenvalue weighted by Gasteiger charge is -2.27. The molecule has 0 aliphatic rings. The van der Waals surface area contributed by atoms with Crippen molar-refractivity contribution >= 4 is 47.8 Å². The molecule has 0 aromatic carbocycles. The predicted octanol–water partition coefficient (Wildman–Crippen LogP) is 20.3. The monoisotopic (exact) mass is 1450 g/mol. The average Bonchev–Trinajstić information content (AvgIpc) is 0.914. The fourth-order valence-corrected chi connectivity index (χ4v) is 12.8. The summed E-state index contributed by atoms with van der Waals surface area (Å²) in [4.78, 5) is 111. The van der Waals surface area contributed by atoms with E-state index in [4.69, 9.17) is 37.9 Å². The van der Waals surface area contributed by atoms with Gasteiger partial charge in [-0.3, -0.25) is 38.4 Å². The van der Waals surface area contributed by atoms with Gasteiger partial charge in [-0.25, -0.2) is 0 Å². The minimum absolute atomic E-state index is 0.0515. The maximum atomic E-state index is 13.7. The lowest BCUT2D eigenvalue weighted by atomic mass is 9.95. The molecule has 0 aromatic rings. The molecule has 4 atom stereocenters. The highest BCUT2D eigenvalue weighted by atomic mass is 16.6. The first-order chi connectivity index (χ1) is 49.4. The van der Waals surface area contributed by atoms with E-state index >= 15 is 0 Å². The summed E-state index contributed by atoms with van der Waals surface area (Å²) in [6.07, 6.45) is 41.0. The van der Waals surface area contributed by atoms with E-state index in [-0.39, 0.29) is 89.4 Å². The molecule has 0 fully saturated rings. The quantitative estimate of drug-likeness (QED) is 0.0314. The number of carbonyl (C=O) groups excluding carboxylic acids is 8. The Kier molecular flexibility index (Phi) is 68.0. The van der Waals surface area contributed by atoms with E-state index in [1.54, 1.807) is 0 Å². The van der Waals surface area contributed by atoms with E-state index in [2.05, 4.69) is 41.5 Å². The van der Waals surface area contributed by atoms with Crippen LogP contribution in [0.3, 0.4) is 0 Å². The Hall–Kier alpha value is -4.32. The van der Waals surface area contributed by atoms with Gasteiger partial charge in [0.05, 0.1) is 13.2 Å². The van der Waals surface area contributed by atoms with Crippen molar-refractivity contribution in [1.82, 2.24) is 9.80 Å². The van der Waals surface area contributed by atoms with Crippen molar-refractivity contribution in [2.24, 2.45) is 11.8 Å². The number of nitrogens with zero attached hydrogens (tertiary/aromatic N) is 2. The van der Waals surface area contributed by atoms with Crippen LogP contribution in [0.4, 0.5) is 0 Å². The van der Waals surface area contributed by atoms with Gasteiger partial charge in [0.25, 0.3) is 0 Å². The Morgan fingerprint density at radius 2 is 0.412 bits per heavy atom. The molecule has 18 nitrogen and oxygen atoms in total. The number of ether oxygens (including phenoxy) is 8. The maximum Gasteiger partial charge on any atom is 0.306 e. The van der Waals surface area contributed by atoms with E-state index < -0.39 is 60.2 Å². The van der Waals surface area contributed by atoms with Crippen LogP contribution in [0.25, 0.3) is 0 Å². The summed E-state index contributed by atoms with van der Waals surface area (Å²) in [5, 5.41) is 0. The van der Waals surface area contributed by atoms with Gasteiger partial charge in [0.1, 0.15) is 25.4 Å². The predicted molar refractivity (Wildman–Crippen MR) is 411 cm³/mol. The lowest BCUT2D eigenvalue weighted by molar-refractivity contribution is -0.177. The number of rotatable bonds is 75. The van der Waals surface area contributed by atoms with Crippen molar-refractivity contribution in [2.75, 3.05) is 67.7 Å². The maximum absolute atomic E-state index is 13.7. The van der Waals surface area contributed by atoms with Crippen LogP contribution in [0.15, 0.2) is 0 Å².